The van der Waals surface area contributed by atoms with Crippen molar-refractivity contribution in [2.45, 2.75) is 38.8 Å². The molecule has 0 aliphatic rings. The van der Waals surface area contributed by atoms with E-state index in [1.807, 2.05) is 13.8 Å². The average Bonchev–Trinajstić information content (AvgIpc) is 2.37. The van der Waals surface area contributed by atoms with Gasteiger partial charge < -0.3 is 14.8 Å². The van der Waals surface area contributed by atoms with E-state index >= 15 is 0 Å². The predicted octanol–water partition coefficient (Wildman–Crippen LogP) is 2.52. The molecule has 1 aromatic rings. The zero-order chi connectivity index (χ0) is 15.2. The fourth-order valence-corrected chi connectivity index (χ4v) is 2.23. The molecular formula is C15H22FNO3. The average molecular weight is 283 g/mol. The minimum absolute atomic E-state index is 0.264. The summed E-state index contributed by atoms with van der Waals surface area (Å²) in [5.41, 5.74) is -0.823. The van der Waals surface area contributed by atoms with Crippen LogP contribution in [0.5, 0.6) is 5.75 Å². The highest BCUT2D eigenvalue weighted by atomic mass is 19.1. The lowest BCUT2D eigenvalue weighted by atomic mass is 9.94. The minimum Gasteiger partial charge on any atom is -0.491 e. The summed E-state index contributed by atoms with van der Waals surface area (Å²) in [6.07, 6.45) is 0.157. The standard InChI is InChI=1S/C15H22FNO3/c1-5-17-15(3,14(18)19-4)10-11(2)20-13-8-6-7-12(16)9-13/h6-9,11,17H,5,10H2,1-4H3. The zero-order valence-electron chi connectivity index (χ0n) is 12.4. The number of methoxy groups -OCH3 is 1. The van der Waals surface area contributed by atoms with Crippen LogP contribution in [0.2, 0.25) is 0 Å². The van der Waals surface area contributed by atoms with E-state index < -0.39 is 5.54 Å². The third-order valence-corrected chi connectivity index (χ3v) is 3.03. The molecule has 4 nitrogen and oxygen atoms in total. The first kappa shape index (κ1) is 16.4. The van der Waals surface area contributed by atoms with Gasteiger partial charge in [-0.05, 0) is 32.5 Å². The fourth-order valence-electron chi connectivity index (χ4n) is 2.23. The molecule has 0 heterocycles. The van der Waals surface area contributed by atoms with Gasteiger partial charge >= 0.3 is 5.97 Å². The molecule has 112 valence electrons. The molecule has 0 saturated carbocycles. The van der Waals surface area contributed by atoms with E-state index in [2.05, 4.69) is 5.32 Å². The molecule has 0 aliphatic carbocycles. The molecule has 1 N–H and O–H groups in total. The Morgan fingerprint density at radius 2 is 2.20 bits per heavy atom. The number of carbonyl (C=O) groups excluding carboxylic acids is 1. The van der Waals surface area contributed by atoms with Crippen LogP contribution in [0.3, 0.4) is 0 Å². The van der Waals surface area contributed by atoms with Crippen LogP contribution in [0.25, 0.3) is 0 Å². The maximum Gasteiger partial charge on any atom is 0.325 e. The molecule has 0 spiro atoms. The van der Waals surface area contributed by atoms with Crippen LogP contribution in [-0.4, -0.2) is 31.3 Å². The van der Waals surface area contributed by atoms with Crippen LogP contribution in [0.15, 0.2) is 24.3 Å². The number of esters is 1. The number of ether oxygens (including phenoxy) is 2. The summed E-state index contributed by atoms with van der Waals surface area (Å²) in [6, 6.07) is 5.94. The van der Waals surface area contributed by atoms with E-state index in [0.29, 0.717) is 18.7 Å². The summed E-state index contributed by atoms with van der Waals surface area (Å²) in [5, 5.41) is 3.11. The zero-order valence-corrected chi connectivity index (χ0v) is 12.4. The molecule has 1 aromatic carbocycles. The van der Waals surface area contributed by atoms with Crippen molar-refractivity contribution in [2.24, 2.45) is 0 Å². The highest BCUT2D eigenvalue weighted by Crippen LogP contribution is 2.20. The maximum atomic E-state index is 13.1. The van der Waals surface area contributed by atoms with Crippen molar-refractivity contribution in [3.8, 4) is 5.75 Å². The second-order valence-electron chi connectivity index (χ2n) is 4.94. The summed E-state index contributed by atoms with van der Waals surface area (Å²) >= 11 is 0. The molecule has 1 rings (SSSR count). The molecule has 2 unspecified atom stereocenters. The number of likely N-dealkylation sites (N-methyl/N-ethyl adjacent to an activating group) is 1. The van der Waals surface area contributed by atoms with Crippen molar-refractivity contribution in [1.82, 2.24) is 5.32 Å². The molecule has 0 fully saturated rings. The Kier molecular flexibility index (Phi) is 5.95. The smallest absolute Gasteiger partial charge is 0.325 e. The molecule has 5 heteroatoms. The number of carbonyl (C=O) groups is 1. The Morgan fingerprint density at radius 1 is 1.50 bits per heavy atom. The number of rotatable bonds is 7. The summed E-state index contributed by atoms with van der Waals surface area (Å²) in [4.78, 5) is 11.9. The summed E-state index contributed by atoms with van der Waals surface area (Å²) in [7, 11) is 1.36. The largest absolute Gasteiger partial charge is 0.491 e. The van der Waals surface area contributed by atoms with Crippen molar-refractivity contribution >= 4 is 5.97 Å². The maximum absolute atomic E-state index is 13.1. The lowest BCUT2D eigenvalue weighted by Crippen LogP contribution is -2.52. The SMILES string of the molecule is CCNC(C)(CC(C)Oc1cccc(F)c1)C(=O)OC. The normalized spacial score (nSPS) is 15.2. The van der Waals surface area contributed by atoms with Gasteiger partial charge in [0.05, 0.1) is 13.2 Å². The van der Waals surface area contributed by atoms with Crippen molar-refractivity contribution < 1.29 is 18.7 Å². The van der Waals surface area contributed by atoms with E-state index in [9.17, 15) is 9.18 Å². The Bertz CT molecular complexity index is 452. The molecule has 0 radical (unpaired) electrons. The van der Waals surface area contributed by atoms with E-state index in [-0.39, 0.29) is 17.9 Å². The van der Waals surface area contributed by atoms with Crippen LogP contribution >= 0.6 is 0 Å². The molecule has 0 aliphatic heterocycles. The Labute approximate surface area is 119 Å². The van der Waals surface area contributed by atoms with E-state index in [0.717, 1.165) is 0 Å². The molecule has 0 bridgehead atoms. The third kappa shape index (κ3) is 4.49. The van der Waals surface area contributed by atoms with Gasteiger partial charge in [0.25, 0.3) is 0 Å². The lowest BCUT2D eigenvalue weighted by molar-refractivity contribution is -0.149. The molecule has 0 saturated heterocycles. The van der Waals surface area contributed by atoms with Crippen LogP contribution in [-0.2, 0) is 9.53 Å². The van der Waals surface area contributed by atoms with Gasteiger partial charge in [0.2, 0.25) is 0 Å². The molecule has 0 amide bonds. The molecule has 20 heavy (non-hydrogen) atoms. The fraction of sp³-hybridized carbons (Fsp3) is 0.533. The van der Waals surface area contributed by atoms with Crippen LogP contribution < -0.4 is 10.1 Å². The topological polar surface area (TPSA) is 47.6 Å². The van der Waals surface area contributed by atoms with Gasteiger partial charge in [-0.1, -0.05) is 13.0 Å². The quantitative estimate of drug-likeness (QED) is 0.781. The predicted molar refractivity (Wildman–Crippen MR) is 75.2 cm³/mol. The summed E-state index contributed by atoms with van der Waals surface area (Å²) < 4.78 is 23.6. The van der Waals surface area contributed by atoms with E-state index in [1.54, 1.807) is 19.1 Å². The summed E-state index contributed by atoms with van der Waals surface area (Å²) in [6.45, 7) is 6.16. The van der Waals surface area contributed by atoms with Gasteiger partial charge in [0.15, 0.2) is 0 Å². The van der Waals surface area contributed by atoms with E-state index in [4.69, 9.17) is 9.47 Å². The first-order valence-corrected chi connectivity index (χ1v) is 6.67. The number of benzene rings is 1. The van der Waals surface area contributed by atoms with Gasteiger partial charge in [0, 0.05) is 12.5 Å². The van der Waals surface area contributed by atoms with Crippen molar-refractivity contribution in [2.75, 3.05) is 13.7 Å². The highest BCUT2D eigenvalue weighted by Gasteiger charge is 2.35. The van der Waals surface area contributed by atoms with Gasteiger partial charge in [-0.2, -0.15) is 0 Å². The highest BCUT2D eigenvalue weighted by molar-refractivity contribution is 5.80. The lowest BCUT2D eigenvalue weighted by Gasteiger charge is -2.30. The monoisotopic (exact) mass is 283 g/mol. The second-order valence-corrected chi connectivity index (χ2v) is 4.94. The first-order chi connectivity index (χ1) is 9.41. The molecule has 0 aromatic heterocycles. The van der Waals surface area contributed by atoms with Crippen molar-refractivity contribution in [3.05, 3.63) is 30.1 Å². The minimum atomic E-state index is -0.823. The van der Waals surface area contributed by atoms with Crippen molar-refractivity contribution in [3.63, 3.8) is 0 Å². The van der Waals surface area contributed by atoms with Gasteiger partial charge in [-0.15, -0.1) is 0 Å². The third-order valence-electron chi connectivity index (χ3n) is 3.03. The Hall–Kier alpha value is -1.62. The summed E-state index contributed by atoms with van der Waals surface area (Å²) in [5.74, 6) is -0.243. The van der Waals surface area contributed by atoms with E-state index in [1.165, 1.54) is 19.2 Å². The van der Waals surface area contributed by atoms with Gasteiger partial charge in [0.1, 0.15) is 17.1 Å². The van der Waals surface area contributed by atoms with Crippen LogP contribution in [0, 0.1) is 5.82 Å². The van der Waals surface area contributed by atoms with Crippen molar-refractivity contribution in [1.29, 1.82) is 0 Å². The number of hydrogen-bond donors (Lipinski definition) is 1. The number of halogens is 1. The number of hydrogen-bond acceptors (Lipinski definition) is 4. The van der Waals surface area contributed by atoms with Gasteiger partial charge in [-0.3, -0.25) is 4.79 Å². The van der Waals surface area contributed by atoms with Crippen LogP contribution in [0.4, 0.5) is 4.39 Å². The van der Waals surface area contributed by atoms with Crippen LogP contribution in [0.1, 0.15) is 27.2 Å². The molecular weight excluding hydrogens is 261 g/mol. The number of nitrogens with one attached hydrogen (secondary N) is 1. The Balaban J connectivity index is 2.71. The molecule has 2 atom stereocenters. The van der Waals surface area contributed by atoms with Gasteiger partial charge in [-0.25, -0.2) is 4.39 Å². The first-order valence-electron chi connectivity index (χ1n) is 6.67. The Morgan fingerprint density at radius 3 is 2.75 bits per heavy atom. The second kappa shape index (κ2) is 7.24.